The van der Waals surface area contributed by atoms with Gasteiger partial charge in [0.15, 0.2) is 0 Å². The minimum Gasteiger partial charge on any atom is -0.368 e. The van der Waals surface area contributed by atoms with Gasteiger partial charge in [-0.3, -0.25) is 14.9 Å². The number of nitro benzene ring substituents is 1. The first kappa shape index (κ1) is 19.7. The summed E-state index contributed by atoms with van der Waals surface area (Å²) in [4.78, 5) is 29.1. The number of benzene rings is 2. The van der Waals surface area contributed by atoms with Crippen LogP contribution in [0.25, 0.3) is 0 Å². The summed E-state index contributed by atoms with van der Waals surface area (Å²) in [6, 6.07) is 12.9. The van der Waals surface area contributed by atoms with E-state index in [0.29, 0.717) is 19.6 Å². The molecule has 1 heterocycles. The molecule has 0 unspecified atom stereocenters. The zero-order valence-electron chi connectivity index (χ0n) is 16.6. The molecule has 0 aliphatic carbocycles. The van der Waals surface area contributed by atoms with Crippen molar-refractivity contribution in [3.8, 4) is 0 Å². The van der Waals surface area contributed by atoms with Gasteiger partial charge in [0.25, 0.3) is 5.69 Å². The number of nitro groups is 1. The fraction of sp³-hybridized carbons (Fsp3) is 0.381. The minimum absolute atomic E-state index is 0.0898. The number of rotatable bonds is 5. The van der Waals surface area contributed by atoms with Crippen LogP contribution in [0.1, 0.15) is 11.1 Å². The van der Waals surface area contributed by atoms with Crippen molar-refractivity contribution < 1.29 is 9.72 Å². The topological polar surface area (TPSA) is 69.9 Å². The van der Waals surface area contributed by atoms with Gasteiger partial charge >= 0.3 is 0 Å². The van der Waals surface area contributed by atoms with Crippen LogP contribution in [0.4, 0.5) is 17.1 Å². The van der Waals surface area contributed by atoms with Gasteiger partial charge in [0.2, 0.25) is 5.91 Å². The van der Waals surface area contributed by atoms with Crippen molar-refractivity contribution in [2.75, 3.05) is 49.6 Å². The Morgan fingerprint density at radius 3 is 2.14 bits per heavy atom. The Morgan fingerprint density at radius 2 is 1.61 bits per heavy atom. The summed E-state index contributed by atoms with van der Waals surface area (Å²) >= 11 is 0. The molecule has 0 aromatic heterocycles. The molecule has 0 bridgehead atoms. The number of hydrogen-bond acceptors (Lipinski definition) is 5. The largest absolute Gasteiger partial charge is 0.368 e. The molecule has 0 atom stereocenters. The Hall–Kier alpha value is -3.09. The summed E-state index contributed by atoms with van der Waals surface area (Å²) in [7, 11) is 1.94. The van der Waals surface area contributed by atoms with E-state index in [1.165, 1.54) is 23.3 Å². The van der Waals surface area contributed by atoms with Gasteiger partial charge in [0.1, 0.15) is 0 Å². The van der Waals surface area contributed by atoms with E-state index in [0.717, 1.165) is 24.5 Å². The van der Waals surface area contributed by atoms with E-state index >= 15 is 0 Å². The van der Waals surface area contributed by atoms with Crippen LogP contribution in [-0.4, -0.2) is 55.5 Å². The van der Waals surface area contributed by atoms with E-state index in [-0.39, 0.29) is 11.6 Å². The van der Waals surface area contributed by atoms with Crippen LogP contribution in [0.2, 0.25) is 0 Å². The molecule has 28 heavy (non-hydrogen) atoms. The van der Waals surface area contributed by atoms with Crippen molar-refractivity contribution in [1.29, 1.82) is 0 Å². The Kier molecular flexibility index (Phi) is 5.82. The van der Waals surface area contributed by atoms with Crippen LogP contribution >= 0.6 is 0 Å². The fourth-order valence-corrected chi connectivity index (χ4v) is 3.56. The predicted molar refractivity (Wildman–Crippen MR) is 111 cm³/mol. The van der Waals surface area contributed by atoms with Gasteiger partial charge in [-0.1, -0.05) is 6.07 Å². The average Bonchev–Trinajstić information content (AvgIpc) is 2.67. The van der Waals surface area contributed by atoms with E-state index in [2.05, 4.69) is 36.9 Å². The van der Waals surface area contributed by atoms with Crippen molar-refractivity contribution in [3.63, 3.8) is 0 Å². The minimum atomic E-state index is -0.396. The van der Waals surface area contributed by atoms with Crippen LogP contribution in [-0.2, 0) is 4.79 Å². The first-order valence-electron chi connectivity index (χ1n) is 9.40. The second kappa shape index (κ2) is 8.29. The second-order valence-corrected chi connectivity index (χ2v) is 7.34. The summed E-state index contributed by atoms with van der Waals surface area (Å²) in [5, 5.41) is 10.8. The molecule has 0 saturated carbocycles. The monoisotopic (exact) mass is 382 g/mol. The highest BCUT2D eigenvalue weighted by atomic mass is 16.6. The molecule has 0 spiro atoms. The molecule has 2 aromatic carbocycles. The Morgan fingerprint density at radius 1 is 1.04 bits per heavy atom. The van der Waals surface area contributed by atoms with Crippen LogP contribution < -0.4 is 9.80 Å². The Balaban J connectivity index is 1.55. The Bertz CT molecular complexity index is 838. The third-order valence-electron chi connectivity index (χ3n) is 5.08. The number of nitrogens with zero attached hydrogens (tertiary/aromatic N) is 4. The zero-order valence-corrected chi connectivity index (χ0v) is 16.6. The molecular weight excluding hydrogens is 356 g/mol. The number of non-ortho nitro benzene ring substituents is 1. The lowest BCUT2D eigenvalue weighted by Crippen LogP contribution is -2.51. The van der Waals surface area contributed by atoms with Crippen LogP contribution in [0.3, 0.4) is 0 Å². The number of carbonyl (C=O) groups is 1. The Labute approximate surface area is 165 Å². The number of amides is 1. The fourth-order valence-electron chi connectivity index (χ4n) is 3.56. The lowest BCUT2D eigenvalue weighted by atomic mass is 10.1. The molecule has 3 rings (SSSR count). The van der Waals surface area contributed by atoms with E-state index < -0.39 is 4.92 Å². The second-order valence-electron chi connectivity index (χ2n) is 7.34. The maximum atomic E-state index is 12.7. The highest BCUT2D eigenvalue weighted by Crippen LogP contribution is 2.21. The lowest BCUT2D eigenvalue weighted by molar-refractivity contribution is -0.384. The zero-order chi connectivity index (χ0) is 20.3. The van der Waals surface area contributed by atoms with Crippen molar-refractivity contribution in [3.05, 3.63) is 63.7 Å². The molecular formula is C21H26N4O3. The molecule has 1 amide bonds. The normalized spacial score (nSPS) is 14.1. The van der Waals surface area contributed by atoms with Crippen LogP contribution in [0, 0.1) is 24.0 Å². The summed E-state index contributed by atoms with van der Waals surface area (Å²) in [5.74, 6) is 0.116. The summed E-state index contributed by atoms with van der Waals surface area (Å²) in [6.07, 6.45) is 0. The molecule has 1 fully saturated rings. The summed E-state index contributed by atoms with van der Waals surface area (Å²) in [5.41, 5.74) is 4.46. The first-order chi connectivity index (χ1) is 13.3. The van der Waals surface area contributed by atoms with E-state index in [4.69, 9.17) is 0 Å². The first-order valence-corrected chi connectivity index (χ1v) is 9.40. The number of anilines is 2. The number of likely N-dealkylation sites (N-methyl/N-ethyl adjacent to an activating group) is 1. The summed E-state index contributed by atoms with van der Waals surface area (Å²) in [6.45, 7) is 7.20. The van der Waals surface area contributed by atoms with Crippen molar-refractivity contribution in [2.24, 2.45) is 0 Å². The van der Waals surface area contributed by atoms with E-state index in [9.17, 15) is 14.9 Å². The van der Waals surface area contributed by atoms with Crippen molar-refractivity contribution in [1.82, 2.24) is 4.90 Å². The van der Waals surface area contributed by atoms with E-state index in [1.54, 1.807) is 12.1 Å². The van der Waals surface area contributed by atoms with Gasteiger partial charge in [0, 0.05) is 56.7 Å². The molecule has 0 N–H and O–H groups in total. The van der Waals surface area contributed by atoms with Gasteiger partial charge in [-0.2, -0.15) is 0 Å². The maximum Gasteiger partial charge on any atom is 0.269 e. The smallest absolute Gasteiger partial charge is 0.269 e. The van der Waals surface area contributed by atoms with Gasteiger partial charge in [-0.25, -0.2) is 0 Å². The SMILES string of the molecule is Cc1cc(C)cc(N(C)CC(=O)N2CCN(c3ccc([N+](=O)[O-])cc3)CC2)c1. The number of piperazine rings is 1. The molecule has 1 saturated heterocycles. The molecule has 7 nitrogen and oxygen atoms in total. The molecule has 1 aliphatic heterocycles. The molecule has 2 aromatic rings. The highest BCUT2D eigenvalue weighted by Gasteiger charge is 2.22. The standard InChI is InChI=1S/C21H26N4O3/c1-16-12-17(2)14-20(13-16)22(3)15-21(26)24-10-8-23(9-11-24)18-4-6-19(7-5-18)25(27)28/h4-7,12-14H,8-11,15H2,1-3H3. The van der Waals surface area contributed by atoms with E-state index in [1.807, 2.05) is 16.8 Å². The van der Waals surface area contributed by atoms with Crippen molar-refractivity contribution in [2.45, 2.75) is 13.8 Å². The quantitative estimate of drug-likeness (QED) is 0.587. The van der Waals surface area contributed by atoms with Gasteiger partial charge in [-0.15, -0.1) is 0 Å². The number of aryl methyl sites for hydroxylation is 2. The average molecular weight is 382 g/mol. The van der Waals surface area contributed by atoms with Crippen molar-refractivity contribution >= 4 is 23.0 Å². The van der Waals surface area contributed by atoms with Gasteiger partial charge < -0.3 is 14.7 Å². The summed E-state index contributed by atoms with van der Waals surface area (Å²) < 4.78 is 0. The predicted octanol–water partition coefficient (Wildman–Crippen LogP) is 3.00. The number of hydrogen-bond donors (Lipinski definition) is 0. The lowest BCUT2D eigenvalue weighted by Gasteiger charge is -2.37. The molecule has 148 valence electrons. The molecule has 7 heteroatoms. The van der Waals surface area contributed by atoms with Gasteiger partial charge in [-0.05, 0) is 49.2 Å². The third kappa shape index (κ3) is 4.60. The van der Waals surface area contributed by atoms with Gasteiger partial charge in [0.05, 0.1) is 11.5 Å². The van der Waals surface area contributed by atoms with Crippen LogP contribution in [0.5, 0.6) is 0 Å². The molecule has 1 aliphatic rings. The highest BCUT2D eigenvalue weighted by molar-refractivity contribution is 5.81. The maximum absolute atomic E-state index is 12.7. The number of carbonyl (C=O) groups excluding carboxylic acids is 1. The molecule has 0 radical (unpaired) electrons. The third-order valence-corrected chi connectivity index (χ3v) is 5.08. The van der Waals surface area contributed by atoms with Crippen LogP contribution in [0.15, 0.2) is 42.5 Å².